The summed E-state index contributed by atoms with van der Waals surface area (Å²) in [6.07, 6.45) is 5.08. The molecule has 0 fully saturated rings. The molecule has 0 aromatic heterocycles. The average molecular weight is 421 g/mol. The van der Waals surface area contributed by atoms with Crippen LogP contribution in [0.25, 0.3) is 32.3 Å². The minimum absolute atomic E-state index is 0.937. The molecule has 0 aliphatic carbocycles. The first kappa shape index (κ1) is 20.9. The van der Waals surface area contributed by atoms with Gasteiger partial charge in [-0.1, -0.05) is 97.8 Å². The third kappa shape index (κ3) is 4.62. The van der Waals surface area contributed by atoms with Crippen LogP contribution in [0.5, 0.6) is 0 Å². The van der Waals surface area contributed by atoms with Crippen molar-refractivity contribution in [3.05, 3.63) is 96.1 Å². The minimum atomic E-state index is 0.937. The molecule has 0 heterocycles. The van der Waals surface area contributed by atoms with Gasteiger partial charge in [-0.15, -0.1) is 0 Å². The van der Waals surface area contributed by atoms with Gasteiger partial charge in [-0.25, -0.2) is 0 Å². The van der Waals surface area contributed by atoms with E-state index in [0.29, 0.717) is 0 Å². The molecule has 5 aromatic rings. The molecule has 0 aliphatic heterocycles. The van der Waals surface area contributed by atoms with Gasteiger partial charge in [-0.05, 0) is 69.4 Å². The fourth-order valence-electron chi connectivity index (χ4n) is 4.86. The van der Waals surface area contributed by atoms with Crippen molar-refractivity contribution in [2.75, 3.05) is 13.1 Å². The topological polar surface area (TPSA) is 24.1 Å². The van der Waals surface area contributed by atoms with Crippen molar-refractivity contribution in [3.8, 4) is 0 Å². The molecule has 0 radical (unpaired) electrons. The minimum Gasteiger partial charge on any atom is -0.313 e. The van der Waals surface area contributed by atoms with Crippen molar-refractivity contribution in [1.82, 2.24) is 10.6 Å². The molecule has 32 heavy (non-hydrogen) atoms. The first-order chi connectivity index (χ1) is 15.9. The van der Waals surface area contributed by atoms with Crippen molar-refractivity contribution in [1.29, 1.82) is 0 Å². The molecule has 2 nitrogen and oxygen atoms in total. The fraction of sp³-hybridized carbons (Fsp3) is 0.267. The summed E-state index contributed by atoms with van der Waals surface area (Å²) in [4.78, 5) is 0. The highest BCUT2D eigenvalue weighted by Gasteiger charge is 2.10. The van der Waals surface area contributed by atoms with E-state index in [4.69, 9.17) is 0 Å². The summed E-state index contributed by atoms with van der Waals surface area (Å²) in [6, 6.07) is 30.9. The van der Waals surface area contributed by atoms with Gasteiger partial charge in [-0.2, -0.15) is 0 Å². The van der Waals surface area contributed by atoms with Gasteiger partial charge in [0, 0.05) is 13.1 Å². The van der Waals surface area contributed by atoms with Gasteiger partial charge in [-0.3, -0.25) is 0 Å². The first-order valence-corrected chi connectivity index (χ1v) is 12.0. The van der Waals surface area contributed by atoms with Crippen LogP contribution in [0, 0.1) is 0 Å². The zero-order valence-corrected chi connectivity index (χ0v) is 18.7. The van der Waals surface area contributed by atoms with Crippen LogP contribution >= 0.6 is 0 Å². The molecular weight excluding hydrogens is 388 g/mol. The second-order valence-corrected chi connectivity index (χ2v) is 8.83. The van der Waals surface area contributed by atoms with Gasteiger partial charge >= 0.3 is 0 Å². The maximum atomic E-state index is 3.68. The molecule has 0 atom stereocenters. The van der Waals surface area contributed by atoms with E-state index >= 15 is 0 Å². The Morgan fingerprint density at radius 3 is 1.84 bits per heavy atom. The van der Waals surface area contributed by atoms with Crippen LogP contribution < -0.4 is 10.6 Å². The van der Waals surface area contributed by atoms with Crippen LogP contribution in [-0.2, 0) is 13.1 Å². The Bertz CT molecular complexity index is 1260. The largest absolute Gasteiger partial charge is 0.313 e. The van der Waals surface area contributed by atoms with Crippen LogP contribution in [0.4, 0.5) is 0 Å². The number of benzene rings is 5. The molecule has 0 unspecified atom stereocenters. The van der Waals surface area contributed by atoms with Crippen molar-refractivity contribution in [2.45, 2.75) is 38.8 Å². The van der Waals surface area contributed by atoms with Crippen LogP contribution in [0.1, 0.15) is 36.8 Å². The van der Waals surface area contributed by atoms with E-state index in [0.717, 1.165) is 26.2 Å². The van der Waals surface area contributed by atoms with Crippen molar-refractivity contribution < 1.29 is 0 Å². The van der Waals surface area contributed by atoms with Gasteiger partial charge in [0.05, 0.1) is 0 Å². The van der Waals surface area contributed by atoms with Gasteiger partial charge in [0.15, 0.2) is 0 Å². The van der Waals surface area contributed by atoms with E-state index in [2.05, 4.69) is 95.6 Å². The summed E-state index contributed by atoms with van der Waals surface area (Å²) in [7, 11) is 0. The Morgan fingerprint density at radius 1 is 0.469 bits per heavy atom. The molecule has 5 aromatic carbocycles. The van der Waals surface area contributed by atoms with Crippen molar-refractivity contribution >= 4 is 32.3 Å². The molecule has 2 N–H and O–H groups in total. The smallest absolute Gasteiger partial charge is 0.0211 e. The van der Waals surface area contributed by atoms with Gasteiger partial charge < -0.3 is 10.6 Å². The molecule has 0 aliphatic rings. The number of rotatable bonds is 11. The SMILES string of the molecule is c1ccc(CNCCCCCCNCc2ccc3ccc4cccc5ccc2c3c45)cc1. The van der Waals surface area contributed by atoms with Crippen molar-refractivity contribution in [2.24, 2.45) is 0 Å². The standard InChI is InChI=1S/C30H32N2/c1(6-19-31-21-23-9-4-3-5-10-23)2-7-20-32-22-27-16-15-26-14-13-24-11-8-12-25-17-18-28(27)30(26)29(24)25/h3-5,8-18,31-32H,1-2,6-7,19-22H2. The van der Waals surface area contributed by atoms with E-state index in [9.17, 15) is 0 Å². The summed E-state index contributed by atoms with van der Waals surface area (Å²) in [5.74, 6) is 0. The average Bonchev–Trinajstić information content (AvgIpc) is 2.85. The Hall–Kier alpha value is -2.94. The van der Waals surface area contributed by atoms with Crippen LogP contribution in [0.2, 0.25) is 0 Å². The van der Waals surface area contributed by atoms with Crippen molar-refractivity contribution in [3.63, 3.8) is 0 Å². The lowest BCUT2D eigenvalue weighted by molar-refractivity contribution is 0.563. The summed E-state index contributed by atoms with van der Waals surface area (Å²) in [5.41, 5.74) is 2.77. The molecule has 0 saturated carbocycles. The van der Waals surface area contributed by atoms with Crippen LogP contribution in [-0.4, -0.2) is 13.1 Å². The Balaban J connectivity index is 1.08. The lowest BCUT2D eigenvalue weighted by Crippen LogP contribution is -2.16. The first-order valence-electron chi connectivity index (χ1n) is 12.0. The molecule has 0 saturated heterocycles. The Kier molecular flexibility index (Phi) is 6.62. The normalized spacial score (nSPS) is 11.8. The van der Waals surface area contributed by atoms with Gasteiger partial charge in [0.2, 0.25) is 0 Å². The molecule has 162 valence electrons. The maximum absolute atomic E-state index is 3.68. The number of hydrogen-bond donors (Lipinski definition) is 2. The van der Waals surface area contributed by atoms with Crippen LogP contribution in [0.3, 0.4) is 0 Å². The molecular formula is C30H32N2. The Labute approximate surface area is 191 Å². The summed E-state index contributed by atoms with van der Waals surface area (Å²) in [5, 5.41) is 15.5. The van der Waals surface area contributed by atoms with E-state index in [-0.39, 0.29) is 0 Å². The highest BCUT2D eigenvalue weighted by atomic mass is 14.8. The molecule has 0 bridgehead atoms. The maximum Gasteiger partial charge on any atom is 0.0211 e. The summed E-state index contributed by atoms with van der Waals surface area (Å²) < 4.78 is 0. The second-order valence-electron chi connectivity index (χ2n) is 8.83. The monoisotopic (exact) mass is 420 g/mol. The van der Waals surface area contributed by atoms with E-state index in [1.807, 2.05) is 0 Å². The predicted octanol–water partition coefficient (Wildman–Crippen LogP) is 7.02. The third-order valence-corrected chi connectivity index (χ3v) is 6.56. The predicted molar refractivity (Wildman–Crippen MR) is 138 cm³/mol. The van der Waals surface area contributed by atoms with E-state index in [1.165, 1.54) is 69.1 Å². The zero-order valence-electron chi connectivity index (χ0n) is 18.7. The zero-order chi connectivity index (χ0) is 21.6. The molecule has 0 amide bonds. The van der Waals surface area contributed by atoms with E-state index < -0.39 is 0 Å². The molecule has 2 heteroatoms. The summed E-state index contributed by atoms with van der Waals surface area (Å²) >= 11 is 0. The number of unbranched alkanes of at least 4 members (excludes halogenated alkanes) is 3. The quantitative estimate of drug-likeness (QED) is 0.177. The number of nitrogens with one attached hydrogen (secondary N) is 2. The van der Waals surface area contributed by atoms with Crippen LogP contribution in [0.15, 0.2) is 84.9 Å². The highest BCUT2D eigenvalue weighted by Crippen LogP contribution is 2.35. The van der Waals surface area contributed by atoms with E-state index in [1.54, 1.807) is 0 Å². The third-order valence-electron chi connectivity index (χ3n) is 6.56. The lowest BCUT2D eigenvalue weighted by Gasteiger charge is -2.14. The lowest BCUT2D eigenvalue weighted by atomic mass is 9.92. The van der Waals surface area contributed by atoms with Gasteiger partial charge in [0.25, 0.3) is 0 Å². The Morgan fingerprint density at radius 2 is 1.09 bits per heavy atom. The molecule has 0 spiro atoms. The number of hydrogen-bond acceptors (Lipinski definition) is 2. The highest BCUT2D eigenvalue weighted by molar-refractivity contribution is 6.23. The fourth-order valence-corrected chi connectivity index (χ4v) is 4.86. The second kappa shape index (κ2) is 10.1. The van der Waals surface area contributed by atoms with Gasteiger partial charge in [0.1, 0.15) is 0 Å². The molecule has 5 rings (SSSR count). The summed E-state index contributed by atoms with van der Waals surface area (Å²) in [6.45, 7) is 4.10.